The van der Waals surface area contributed by atoms with Crippen molar-refractivity contribution in [2.75, 3.05) is 12.4 Å². The van der Waals surface area contributed by atoms with Gasteiger partial charge in [0.1, 0.15) is 5.75 Å². The Hall–Kier alpha value is -2.57. The number of carbonyl (C=O) groups is 2. The number of rotatable bonds is 8. The minimum Gasteiger partial charge on any atom is -0.495 e. The van der Waals surface area contributed by atoms with Gasteiger partial charge < -0.3 is 19.5 Å². The van der Waals surface area contributed by atoms with Crippen LogP contribution in [0, 0.1) is 0 Å². The normalized spacial score (nSPS) is 11.8. The maximum atomic E-state index is 12.3. The Morgan fingerprint density at radius 3 is 2.32 bits per heavy atom. The number of benzene rings is 2. The van der Waals surface area contributed by atoms with E-state index in [4.69, 9.17) is 25.8 Å². The smallest absolute Gasteiger partial charge is 0.338 e. The number of carbonyl (C=O) groups excluding carboxylic acids is 2. The SMILES string of the molecule is COc1ccc(NC(=O)[C@H](C)OC(=O)c2ccc(COC(C)C)cc2)cc1Cl. The van der Waals surface area contributed by atoms with Gasteiger partial charge in [-0.3, -0.25) is 4.79 Å². The number of amides is 1. The number of hydrogen-bond acceptors (Lipinski definition) is 5. The zero-order chi connectivity index (χ0) is 20.7. The van der Waals surface area contributed by atoms with E-state index in [1.807, 2.05) is 13.8 Å². The van der Waals surface area contributed by atoms with Gasteiger partial charge in [0, 0.05) is 5.69 Å². The third kappa shape index (κ3) is 6.25. The molecule has 0 spiro atoms. The Morgan fingerprint density at radius 2 is 1.75 bits per heavy atom. The molecular formula is C21H24ClNO5. The zero-order valence-electron chi connectivity index (χ0n) is 16.3. The molecule has 0 bridgehead atoms. The Bertz CT molecular complexity index is 820. The van der Waals surface area contributed by atoms with Gasteiger partial charge in [0.15, 0.2) is 6.10 Å². The number of hydrogen-bond donors (Lipinski definition) is 1. The average Bonchev–Trinajstić information content (AvgIpc) is 2.66. The van der Waals surface area contributed by atoms with E-state index in [-0.39, 0.29) is 6.10 Å². The second kappa shape index (κ2) is 10.1. The van der Waals surface area contributed by atoms with Crippen LogP contribution in [-0.4, -0.2) is 31.2 Å². The maximum Gasteiger partial charge on any atom is 0.338 e. The Kier molecular flexibility index (Phi) is 7.84. The summed E-state index contributed by atoms with van der Waals surface area (Å²) >= 11 is 6.04. The zero-order valence-corrected chi connectivity index (χ0v) is 17.1. The predicted octanol–water partition coefficient (Wildman–Crippen LogP) is 4.46. The summed E-state index contributed by atoms with van der Waals surface area (Å²) in [6.07, 6.45) is -0.845. The molecule has 1 atom stereocenters. The highest BCUT2D eigenvalue weighted by atomic mass is 35.5. The highest BCUT2D eigenvalue weighted by Crippen LogP contribution is 2.27. The summed E-state index contributed by atoms with van der Waals surface area (Å²) in [7, 11) is 1.50. The van der Waals surface area contributed by atoms with Crippen LogP contribution in [0.1, 0.15) is 36.7 Å². The third-order valence-corrected chi connectivity index (χ3v) is 4.14. The molecule has 150 valence electrons. The number of methoxy groups -OCH3 is 1. The van der Waals surface area contributed by atoms with E-state index in [0.29, 0.717) is 28.6 Å². The van der Waals surface area contributed by atoms with Gasteiger partial charge in [0.2, 0.25) is 0 Å². The summed E-state index contributed by atoms with van der Waals surface area (Å²) in [4.78, 5) is 24.5. The molecule has 0 aromatic heterocycles. The van der Waals surface area contributed by atoms with Gasteiger partial charge in [0.05, 0.1) is 30.4 Å². The van der Waals surface area contributed by atoms with Crippen molar-refractivity contribution in [3.63, 3.8) is 0 Å². The van der Waals surface area contributed by atoms with Crippen molar-refractivity contribution < 1.29 is 23.8 Å². The molecule has 1 N–H and O–H groups in total. The second-order valence-electron chi connectivity index (χ2n) is 6.44. The van der Waals surface area contributed by atoms with E-state index in [9.17, 15) is 9.59 Å². The number of ether oxygens (including phenoxy) is 3. The van der Waals surface area contributed by atoms with Gasteiger partial charge in [-0.05, 0) is 56.7 Å². The van der Waals surface area contributed by atoms with Crippen LogP contribution < -0.4 is 10.1 Å². The third-order valence-electron chi connectivity index (χ3n) is 3.85. The molecule has 0 radical (unpaired) electrons. The number of esters is 1. The van der Waals surface area contributed by atoms with Gasteiger partial charge in [-0.1, -0.05) is 23.7 Å². The van der Waals surface area contributed by atoms with Crippen LogP contribution in [0.15, 0.2) is 42.5 Å². The summed E-state index contributed by atoms with van der Waals surface area (Å²) in [5.74, 6) is -0.537. The van der Waals surface area contributed by atoms with Crippen molar-refractivity contribution in [3.8, 4) is 5.75 Å². The van der Waals surface area contributed by atoms with E-state index in [1.54, 1.807) is 42.5 Å². The van der Waals surface area contributed by atoms with Crippen LogP contribution in [-0.2, 0) is 20.9 Å². The fourth-order valence-corrected chi connectivity index (χ4v) is 2.53. The summed E-state index contributed by atoms with van der Waals surface area (Å²) in [6.45, 7) is 5.88. The fourth-order valence-electron chi connectivity index (χ4n) is 2.27. The van der Waals surface area contributed by atoms with Crippen LogP contribution in [0.3, 0.4) is 0 Å². The van der Waals surface area contributed by atoms with Gasteiger partial charge in [-0.25, -0.2) is 4.79 Å². The molecule has 0 fully saturated rings. The first kappa shape index (κ1) is 21.7. The van der Waals surface area contributed by atoms with Gasteiger partial charge in [-0.2, -0.15) is 0 Å². The molecule has 2 aromatic rings. The van der Waals surface area contributed by atoms with Gasteiger partial charge >= 0.3 is 5.97 Å². The predicted molar refractivity (Wildman–Crippen MR) is 108 cm³/mol. The molecule has 0 unspecified atom stereocenters. The van der Waals surface area contributed by atoms with Crippen molar-refractivity contribution in [2.24, 2.45) is 0 Å². The van der Waals surface area contributed by atoms with E-state index in [1.165, 1.54) is 14.0 Å². The Morgan fingerprint density at radius 1 is 1.07 bits per heavy atom. The molecule has 2 aromatic carbocycles. The average molecular weight is 406 g/mol. The fraction of sp³-hybridized carbons (Fsp3) is 0.333. The minimum atomic E-state index is -0.975. The summed E-state index contributed by atoms with van der Waals surface area (Å²) in [5.41, 5.74) is 1.79. The van der Waals surface area contributed by atoms with Crippen molar-refractivity contribution >= 4 is 29.2 Å². The Labute approximate surface area is 169 Å². The largest absolute Gasteiger partial charge is 0.495 e. The Balaban J connectivity index is 1.92. The minimum absolute atomic E-state index is 0.129. The lowest BCUT2D eigenvalue weighted by Gasteiger charge is -2.14. The van der Waals surface area contributed by atoms with Crippen LogP contribution in [0.2, 0.25) is 5.02 Å². The highest BCUT2D eigenvalue weighted by Gasteiger charge is 2.19. The molecule has 0 aliphatic heterocycles. The molecule has 0 saturated heterocycles. The van der Waals surface area contributed by atoms with Crippen molar-refractivity contribution in [3.05, 3.63) is 58.6 Å². The maximum absolute atomic E-state index is 12.3. The van der Waals surface area contributed by atoms with Crippen LogP contribution in [0.5, 0.6) is 5.75 Å². The number of nitrogens with one attached hydrogen (secondary N) is 1. The first-order valence-corrected chi connectivity index (χ1v) is 9.24. The van der Waals surface area contributed by atoms with Crippen LogP contribution in [0.4, 0.5) is 5.69 Å². The van der Waals surface area contributed by atoms with Gasteiger partial charge in [0.25, 0.3) is 5.91 Å². The number of halogens is 1. The van der Waals surface area contributed by atoms with E-state index >= 15 is 0 Å². The quantitative estimate of drug-likeness (QED) is 0.656. The molecule has 2 rings (SSSR count). The molecule has 28 heavy (non-hydrogen) atoms. The monoisotopic (exact) mass is 405 g/mol. The summed E-state index contributed by atoms with van der Waals surface area (Å²) in [6, 6.07) is 11.7. The number of anilines is 1. The lowest BCUT2D eigenvalue weighted by atomic mass is 10.1. The molecule has 0 saturated carbocycles. The second-order valence-corrected chi connectivity index (χ2v) is 6.85. The summed E-state index contributed by atoms with van der Waals surface area (Å²) < 4.78 is 15.8. The first-order valence-electron chi connectivity index (χ1n) is 8.86. The van der Waals surface area contributed by atoms with Crippen molar-refractivity contribution in [1.29, 1.82) is 0 Å². The standard InChI is InChI=1S/C21H24ClNO5/c1-13(2)27-12-15-5-7-16(8-6-15)21(25)28-14(3)20(24)23-17-9-10-19(26-4)18(22)11-17/h5-11,13-14H,12H2,1-4H3,(H,23,24)/t14-/m0/s1. The molecule has 1 amide bonds. The first-order chi connectivity index (χ1) is 13.3. The highest BCUT2D eigenvalue weighted by molar-refractivity contribution is 6.32. The van der Waals surface area contributed by atoms with Crippen molar-refractivity contribution in [2.45, 2.75) is 39.6 Å². The van der Waals surface area contributed by atoms with E-state index in [0.717, 1.165) is 5.56 Å². The lowest BCUT2D eigenvalue weighted by molar-refractivity contribution is -0.123. The van der Waals surface area contributed by atoms with Crippen LogP contribution in [0.25, 0.3) is 0 Å². The van der Waals surface area contributed by atoms with Gasteiger partial charge in [-0.15, -0.1) is 0 Å². The molecule has 0 heterocycles. The molecule has 6 nitrogen and oxygen atoms in total. The van der Waals surface area contributed by atoms with E-state index < -0.39 is 18.0 Å². The molecule has 0 aliphatic carbocycles. The van der Waals surface area contributed by atoms with E-state index in [2.05, 4.69) is 5.32 Å². The molecular weight excluding hydrogens is 382 g/mol. The lowest BCUT2D eigenvalue weighted by Crippen LogP contribution is -2.30. The van der Waals surface area contributed by atoms with Crippen molar-refractivity contribution in [1.82, 2.24) is 0 Å². The topological polar surface area (TPSA) is 73.9 Å². The molecule has 0 aliphatic rings. The summed E-state index contributed by atoms with van der Waals surface area (Å²) in [5, 5.41) is 3.02. The van der Waals surface area contributed by atoms with Crippen LogP contribution >= 0.6 is 11.6 Å². The molecule has 7 heteroatoms.